The fourth-order valence-corrected chi connectivity index (χ4v) is 2.52. The van der Waals surface area contributed by atoms with Crippen LogP contribution in [0.15, 0.2) is 0 Å². The number of hydrogen-bond acceptors (Lipinski definition) is 5. The highest BCUT2D eigenvalue weighted by Crippen LogP contribution is 2.39. The molecule has 6 nitrogen and oxygen atoms in total. The summed E-state index contributed by atoms with van der Waals surface area (Å²) in [7, 11) is -5.99. The quantitative estimate of drug-likeness (QED) is 0.424. The van der Waals surface area contributed by atoms with Gasteiger partial charge in [0.25, 0.3) is 0 Å². The van der Waals surface area contributed by atoms with Crippen molar-refractivity contribution in [3.05, 3.63) is 0 Å². The molecule has 1 aliphatic heterocycles. The monoisotopic (exact) mass is 383 g/mol. The third kappa shape index (κ3) is 4.91. The van der Waals surface area contributed by atoms with Gasteiger partial charge in [0, 0.05) is 13.1 Å². The number of rotatable bonds is 4. The van der Waals surface area contributed by atoms with Crippen molar-refractivity contribution >= 4 is 16.2 Å². The van der Waals surface area contributed by atoms with E-state index in [1.54, 1.807) is 20.8 Å². The van der Waals surface area contributed by atoms with Crippen LogP contribution in [0.4, 0.5) is 26.7 Å². The van der Waals surface area contributed by atoms with Gasteiger partial charge in [-0.2, -0.15) is 21.6 Å². The zero-order valence-electron chi connectivity index (χ0n) is 13.2. The molecule has 1 rings (SSSR count). The lowest BCUT2D eigenvalue weighted by Gasteiger charge is -2.29. The number of amides is 1. The summed E-state index contributed by atoms with van der Waals surface area (Å²) in [6.45, 7) is 2.40. The van der Waals surface area contributed by atoms with Gasteiger partial charge in [0.2, 0.25) is 6.43 Å². The summed E-state index contributed by atoms with van der Waals surface area (Å²) < 4.78 is 93.8. The van der Waals surface area contributed by atoms with Crippen molar-refractivity contribution < 1.29 is 44.1 Å². The van der Waals surface area contributed by atoms with E-state index in [1.165, 1.54) is 0 Å². The molecule has 0 saturated carbocycles. The van der Waals surface area contributed by atoms with E-state index < -0.39 is 58.7 Å². The lowest BCUT2D eigenvalue weighted by atomic mass is 9.89. The Balaban J connectivity index is 2.84. The maximum absolute atomic E-state index is 13.3. The van der Waals surface area contributed by atoms with Gasteiger partial charge >= 0.3 is 21.7 Å². The van der Waals surface area contributed by atoms with Gasteiger partial charge in [0.05, 0.1) is 12.0 Å². The maximum atomic E-state index is 13.3. The number of carbonyl (C=O) groups excluding carboxylic acids is 1. The van der Waals surface area contributed by atoms with Crippen LogP contribution in [0.2, 0.25) is 0 Å². The number of ether oxygens (including phenoxy) is 1. The van der Waals surface area contributed by atoms with Gasteiger partial charge in [-0.3, -0.25) is 4.18 Å². The third-order valence-electron chi connectivity index (χ3n) is 3.28. The second kappa shape index (κ2) is 6.62. The average Bonchev–Trinajstić information content (AvgIpc) is 2.79. The molecule has 0 N–H and O–H groups in total. The van der Waals surface area contributed by atoms with Crippen LogP contribution in [0.1, 0.15) is 27.2 Å². The second-order valence-corrected chi connectivity index (χ2v) is 8.08. The Labute approximate surface area is 136 Å². The molecule has 0 bridgehead atoms. The highest BCUT2D eigenvalue weighted by molar-refractivity contribution is 7.87. The summed E-state index contributed by atoms with van der Waals surface area (Å²) >= 11 is 0. The van der Waals surface area contributed by atoms with Crippen LogP contribution in [0.25, 0.3) is 0 Å². The van der Waals surface area contributed by atoms with E-state index >= 15 is 0 Å². The first kappa shape index (κ1) is 20.9. The molecule has 0 spiro atoms. The average molecular weight is 383 g/mol. The molecule has 142 valence electrons. The van der Waals surface area contributed by atoms with Crippen LogP contribution < -0.4 is 0 Å². The van der Waals surface area contributed by atoms with Crippen molar-refractivity contribution in [3.8, 4) is 0 Å². The molecule has 0 aromatic carbocycles. The van der Waals surface area contributed by atoms with Gasteiger partial charge in [-0.25, -0.2) is 13.6 Å². The normalized spacial score (nSPS) is 23.0. The molecule has 24 heavy (non-hydrogen) atoms. The lowest BCUT2D eigenvalue weighted by molar-refractivity contribution is -0.0664. The summed E-state index contributed by atoms with van der Waals surface area (Å²) in [5.41, 5.74) is -8.81. The third-order valence-corrected chi connectivity index (χ3v) is 4.28. The largest absolute Gasteiger partial charge is 0.523 e. The molecule has 1 fully saturated rings. The van der Waals surface area contributed by atoms with E-state index in [-0.39, 0.29) is 6.54 Å². The standard InChI is InChI=1S/C12H18F5NO5S/c1-10(2,3)23-9(19)18-5-4-11(6-18,8(13)14)7-22-24(20,21)12(15,16)17/h8H,4-7H2,1-3H3. The molecule has 0 aromatic heterocycles. The first-order valence-corrected chi connectivity index (χ1v) is 8.22. The fourth-order valence-electron chi connectivity index (χ4n) is 2.00. The van der Waals surface area contributed by atoms with E-state index in [1.807, 2.05) is 0 Å². The molecule has 1 heterocycles. The Bertz CT molecular complexity index is 571. The summed E-state index contributed by atoms with van der Waals surface area (Å²) in [5, 5.41) is 0. The summed E-state index contributed by atoms with van der Waals surface area (Å²) in [4.78, 5) is 12.7. The van der Waals surface area contributed by atoms with Gasteiger partial charge in [-0.05, 0) is 27.2 Å². The van der Waals surface area contributed by atoms with Crippen molar-refractivity contribution in [2.24, 2.45) is 5.41 Å². The molecule has 12 heteroatoms. The highest BCUT2D eigenvalue weighted by Gasteiger charge is 2.53. The van der Waals surface area contributed by atoms with Crippen LogP contribution >= 0.6 is 0 Å². The van der Waals surface area contributed by atoms with Crippen molar-refractivity contribution in [2.75, 3.05) is 19.7 Å². The second-order valence-electron chi connectivity index (χ2n) is 6.48. The predicted octanol–water partition coefficient (Wildman–Crippen LogP) is 2.74. The number of nitrogens with zero attached hydrogens (tertiary/aromatic N) is 1. The minimum absolute atomic E-state index is 0.214. The van der Waals surface area contributed by atoms with Crippen molar-refractivity contribution in [1.82, 2.24) is 4.90 Å². The molecular formula is C12H18F5NO5S. The Morgan fingerprint density at radius 3 is 2.21 bits per heavy atom. The SMILES string of the molecule is CC(C)(C)OC(=O)N1CCC(COS(=O)(=O)C(F)(F)F)(C(F)F)C1. The number of likely N-dealkylation sites (tertiary alicyclic amines) is 1. The molecule has 1 unspecified atom stereocenters. The van der Waals surface area contributed by atoms with Crippen LogP contribution in [-0.2, 0) is 19.0 Å². The molecule has 1 aliphatic rings. The van der Waals surface area contributed by atoms with Gasteiger partial charge in [-0.1, -0.05) is 0 Å². The lowest BCUT2D eigenvalue weighted by Crippen LogP contribution is -2.42. The Hall–Kier alpha value is -1.17. The Kier molecular flexibility index (Phi) is 5.76. The molecule has 1 atom stereocenters. The highest BCUT2D eigenvalue weighted by atomic mass is 32.2. The number of alkyl halides is 5. The summed E-state index contributed by atoms with van der Waals surface area (Å²) in [6, 6.07) is 0. The van der Waals surface area contributed by atoms with E-state index in [2.05, 4.69) is 4.18 Å². The zero-order valence-corrected chi connectivity index (χ0v) is 14.0. The topological polar surface area (TPSA) is 72.9 Å². The molecule has 0 aromatic rings. The number of carbonyl (C=O) groups is 1. The first-order chi connectivity index (χ1) is 10.6. The summed E-state index contributed by atoms with van der Waals surface area (Å²) in [6.07, 6.45) is -4.52. The van der Waals surface area contributed by atoms with E-state index in [0.29, 0.717) is 0 Å². The number of hydrogen-bond donors (Lipinski definition) is 0. The minimum atomic E-state index is -5.99. The predicted molar refractivity (Wildman–Crippen MR) is 71.8 cm³/mol. The molecule has 1 amide bonds. The van der Waals surface area contributed by atoms with Crippen LogP contribution in [0.3, 0.4) is 0 Å². The van der Waals surface area contributed by atoms with E-state index in [4.69, 9.17) is 4.74 Å². The molecular weight excluding hydrogens is 365 g/mol. The van der Waals surface area contributed by atoms with Gasteiger partial charge in [0.1, 0.15) is 5.60 Å². The number of halogens is 5. The Morgan fingerprint density at radius 1 is 1.25 bits per heavy atom. The molecule has 0 radical (unpaired) electrons. The van der Waals surface area contributed by atoms with Crippen LogP contribution in [-0.4, -0.2) is 56.6 Å². The molecule has 0 aliphatic carbocycles. The molecule has 1 saturated heterocycles. The van der Waals surface area contributed by atoms with Gasteiger partial charge < -0.3 is 9.64 Å². The van der Waals surface area contributed by atoms with Crippen LogP contribution in [0.5, 0.6) is 0 Å². The van der Waals surface area contributed by atoms with Gasteiger partial charge in [0.15, 0.2) is 0 Å². The summed E-state index contributed by atoms with van der Waals surface area (Å²) in [5.74, 6) is 0. The van der Waals surface area contributed by atoms with Crippen LogP contribution in [0, 0.1) is 5.41 Å². The zero-order chi connectivity index (χ0) is 19.0. The van der Waals surface area contributed by atoms with E-state index in [9.17, 15) is 35.2 Å². The van der Waals surface area contributed by atoms with E-state index in [0.717, 1.165) is 4.90 Å². The minimum Gasteiger partial charge on any atom is -0.444 e. The maximum Gasteiger partial charge on any atom is 0.523 e. The van der Waals surface area contributed by atoms with Crippen molar-refractivity contribution in [3.63, 3.8) is 0 Å². The van der Waals surface area contributed by atoms with Crippen molar-refractivity contribution in [2.45, 2.75) is 44.7 Å². The first-order valence-electron chi connectivity index (χ1n) is 6.81. The fraction of sp³-hybridized carbons (Fsp3) is 0.917. The smallest absolute Gasteiger partial charge is 0.444 e. The Morgan fingerprint density at radius 2 is 1.79 bits per heavy atom. The van der Waals surface area contributed by atoms with Gasteiger partial charge in [-0.15, -0.1) is 0 Å². The van der Waals surface area contributed by atoms with Crippen molar-refractivity contribution in [1.29, 1.82) is 0 Å².